The van der Waals surface area contributed by atoms with Crippen LogP contribution in [0.4, 0.5) is 5.69 Å². The number of aliphatic hydroxyl groups excluding tert-OH is 7. The highest BCUT2D eigenvalue weighted by atomic mass is 16.7. The molecule has 14 nitrogen and oxygen atoms in total. The molecule has 0 unspecified atom stereocenters. The zero-order chi connectivity index (χ0) is 23.7. The van der Waals surface area contributed by atoms with Crippen molar-refractivity contribution in [2.75, 3.05) is 25.1 Å². The summed E-state index contributed by atoms with van der Waals surface area (Å²) in [4.78, 5) is 23.4. The number of aliphatic hydroxyl groups is 7. The molecule has 0 aliphatic carbocycles. The fourth-order valence-corrected chi connectivity index (χ4v) is 3.63. The highest BCUT2D eigenvalue weighted by molar-refractivity contribution is 5.62. The van der Waals surface area contributed by atoms with Gasteiger partial charge in [0.1, 0.15) is 54.5 Å². The molecule has 8 N–H and O–H groups in total. The first-order valence-corrected chi connectivity index (χ1v) is 9.97. The summed E-state index contributed by atoms with van der Waals surface area (Å²) in [5.41, 5.74) is -2.01. The second kappa shape index (κ2) is 10.0. The van der Waals surface area contributed by atoms with E-state index in [0.29, 0.717) is 0 Å². The summed E-state index contributed by atoms with van der Waals surface area (Å²) in [6.45, 7) is 0.245. The Morgan fingerprint density at radius 3 is 2.09 bits per heavy atom. The van der Waals surface area contributed by atoms with Gasteiger partial charge in [-0.25, -0.2) is 0 Å². The standard InChI is InChI=1S/C18H27NO13/c1-2-29-16-7(9(23)11(16)25)19-17-13(27)12(26)15(6(4-21)30-17)32-18-14(28)10(24)8(22)5(3-20)31-18/h5-6,8,10,12-15,17-22,24,26-28H,2-4H2,1H3/t5-,6-,8+,10+,12-,13-,14-,15-,17-,18+/m1/s1. The highest BCUT2D eigenvalue weighted by Crippen LogP contribution is 2.30. The van der Waals surface area contributed by atoms with Crippen LogP contribution in [-0.4, -0.2) is 117 Å². The lowest BCUT2D eigenvalue weighted by molar-refractivity contribution is -0.340. The van der Waals surface area contributed by atoms with Crippen LogP contribution in [0, 0.1) is 0 Å². The Labute approximate surface area is 180 Å². The molecule has 0 saturated carbocycles. The van der Waals surface area contributed by atoms with Gasteiger partial charge < -0.3 is 60.0 Å². The third-order valence-electron chi connectivity index (χ3n) is 5.45. The number of nitrogens with one attached hydrogen (secondary N) is 1. The Morgan fingerprint density at radius 2 is 1.50 bits per heavy atom. The van der Waals surface area contributed by atoms with Crippen LogP contribution < -0.4 is 20.9 Å². The lowest BCUT2D eigenvalue weighted by Gasteiger charge is -2.46. The Balaban J connectivity index is 1.74. The second-order valence-corrected chi connectivity index (χ2v) is 7.50. The van der Waals surface area contributed by atoms with Crippen LogP contribution >= 0.6 is 0 Å². The SMILES string of the molecule is CCOc1c(N[C@@H]2O[C@H](CO)[C@@H](O[C@@H]3O[C@H](CO)[C@H](O)[C@H](O)[C@H]3O)[C@H](O)[C@H]2O)c(=O)c1=O. The van der Waals surface area contributed by atoms with Gasteiger partial charge in [0, 0.05) is 0 Å². The van der Waals surface area contributed by atoms with Crippen molar-refractivity contribution < 1.29 is 54.7 Å². The smallest absolute Gasteiger partial charge is 0.272 e. The molecule has 1 aromatic carbocycles. The summed E-state index contributed by atoms with van der Waals surface area (Å²) in [6.07, 6.45) is -15.9. The monoisotopic (exact) mass is 465 g/mol. The Bertz CT molecular complexity index is 837. The van der Waals surface area contributed by atoms with E-state index in [-0.39, 0.29) is 18.0 Å². The molecular weight excluding hydrogens is 438 g/mol. The van der Waals surface area contributed by atoms with Crippen molar-refractivity contribution in [1.82, 2.24) is 0 Å². The average Bonchev–Trinajstić information content (AvgIpc) is 2.80. The van der Waals surface area contributed by atoms with E-state index in [1.807, 2.05) is 0 Å². The van der Waals surface area contributed by atoms with E-state index in [1.165, 1.54) is 0 Å². The van der Waals surface area contributed by atoms with Crippen LogP contribution in [0.1, 0.15) is 6.92 Å². The molecule has 2 saturated heterocycles. The molecule has 0 bridgehead atoms. The van der Waals surface area contributed by atoms with E-state index in [2.05, 4.69) is 5.32 Å². The molecule has 3 rings (SSSR count). The minimum atomic E-state index is -1.79. The number of hydrogen-bond donors (Lipinski definition) is 8. The summed E-state index contributed by atoms with van der Waals surface area (Å²) < 4.78 is 21.2. The third-order valence-corrected chi connectivity index (χ3v) is 5.45. The first kappa shape index (κ1) is 24.9. The Hall–Kier alpha value is -1.72. The predicted octanol–water partition coefficient (Wildman–Crippen LogP) is -5.28. The van der Waals surface area contributed by atoms with Gasteiger partial charge in [0.15, 0.2) is 18.3 Å². The van der Waals surface area contributed by atoms with Gasteiger partial charge in [0.2, 0.25) is 0 Å². The summed E-state index contributed by atoms with van der Waals surface area (Å²) in [5.74, 6) is -0.247. The van der Waals surface area contributed by atoms with Gasteiger partial charge in [0.25, 0.3) is 10.9 Å². The molecule has 2 fully saturated rings. The van der Waals surface area contributed by atoms with E-state index < -0.39 is 85.4 Å². The number of anilines is 1. The molecule has 0 radical (unpaired) electrons. The summed E-state index contributed by atoms with van der Waals surface area (Å²) in [5, 5.41) is 72.3. The predicted molar refractivity (Wildman–Crippen MR) is 103 cm³/mol. The molecule has 0 aromatic heterocycles. The van der Waals surface area contributed by atoms with Gasteiger partial charge in [-0.3, -0.25) is 9.59 Å². The van der Waals surface area contributed by atoms with Crippen LogP contribution in [0.2, 0.25) is 0 Å². The first-order valence-electron chi connectivity index (χ1n) is 9.97. The Morgan fingerprint density at radius 1 is 0.844 bits per heavy atom. The first-order chi connectivity index (χ1) is 15.2. The summed E-state index contributed by atoms with van der Waals surface area (Å²) in [7, 11) is 0. The van der Waals surface area contributed by atoms with Crippen LogP contribution in [0.3, 0.4) is 0 Å². The third kappa shape index (κ3) is 4.38. The minimum absolute atomic E-state index is 0.102. The van der Waals surface area contributed by atoms with Crippen LogP contribution in [0.5, 0.6) is 5.75 Å². The van der Waals surface area contributed by atoms with Crippen molar-refractivity contribution in [3.8, 4) is 5.75 Å². The molecule has 1 aromatic rings. The molecule has 182 valence electrons. The van der Waals surface area contributed by atoms with Crippen molar-refractivity contribution in [3.63, 3.8) is 0 Å². The summed E-state index contributed by atoms with van der Waals surface area (Å²) in [6, 6.07) is 0. The second-order valence-electron chi connectivity index (χ2n) is 7.50. The van der Waals surface area contributed by atoms with E-state index in [9.17, 15) is 45.3 Å². The van der Waals surface area contributed by atoms with Crippen molar-refractivity contribution in [2.24, 2.45) is 0 Å². The Kier molecular flexibility index (Phi) is 7.82. The van der Waals surface area contributed by atoms with Crippen molar-refractivity contribution in [2.45, 2.75) is 68.3 Å². The van der Waals surface area contributed by atoms with Gasteiger partial charge in [-0.05, 0) is 6.92 Å². The zero-order valence-electron chi connectivity index (χ0n) is 17.0. The van der Waals surface area contributed by atoms with Crippen molar-refractivity contribution in [1.29, 1.82) is 0 Å². The number of rotatable bonds is 8. The van der Waals surface area contributed by atoms with Crippen LogP contribution in [0.25, 0.3) is 0 Å². The lowest BCUT2D eigenvalue weighted by Crippen LogP contribution is -2.65. The lowest BCUT2D eigenvalue weighted by atomic mass is 9.96. The molecule has 2 aliphatic heterocycles. The fraction of sp³-hybridized carbons (Fsp3) is 0.778. The molecule has 0 amide bonds. The topological polar surface area (TPSA) is 225 Å². The maximum atomic E-state index is 11.8. The molecule has 10 atom stereocenters. The van der Waals surface area contributed by atoms with E-state index in [4.69, 9.17) is 18.9 Å². The van der Waals surface area contributed by atoms with E-state index in [1.54, 1.807) is 6.92 Å². The van der Waals surface area contributed by atoms with Gasteiger partial charge in [0.05, 0.1) is 19.8 Å². The number of hydrogen-bond acceptors (Lipinski definition) is 14. The summed E-state index contributed by atoms with van der Waals surface area (Å²) >= 11 is 0. The molecule has 14 heteroatoms. The van der Waals surface area contributed by atoms with Crippen LogP contribution in [0.15, 0.2) is 9.59 Å². The molecule has 2 heterocycles. The average molecular weight is 465 g/mol. The molecular formula is C18H27NO13. The van der Waals surface area contributed by atoms with Crippen molar-refractivity contribution >= 4 is 5.69 Å². The largest absolute Gasteiger partial charge is 0.488 e. The normalized spacial score (nSPS) is 40.4. The van der Waals surface area contributed by atoms with Gasteiger partial charge in [-0.15, -0.1) is 0 Å². The fourth-order valence-electron chi connectivity index (χ4n) is 3.63. The number of ether oxygens (including phenoxy) is 4. The van der Waals surface area contributed by atoms with E-state index >= 15 is 0 Å². The van der Waals surface area contributed by atoms with Crippen LogP contribution in [-0.2, 0) is 14.2 Å². The van der Waals surface area contributed by atoms with E-state index in [0.717, 1.165) is 0 Å². The zero-order valence-corrected chi connectivity index (χ0v) is 17.0. The maximum absolute atomic E-state index is 11.8. The maximum Gasteiger partial charge on any atom is 0.272 e. The molecule has 0 spiro atoms. The van der Waals surface area contributed by atoms with Gasteiger partial charge in [-0.1, -0.05) is 0 Å². The quantitative estimate of drug-likeness (QED) is 0.168. The molecule has 32 heavy (non-hydrogen) atoms. The van der Waals surface area contributed by atoms with Crippen molar-refractivity contribution in [3.05, 3.63) is 20.4 Å². The molecule has 2 aliphatic rings. The highest BCUT2D eigenvalue weighted by Gasteiger charge is 2.50. The van der Waals surface area contributed by atoms with Gasteiger partial charge >= 0.3 is 0 Å². The minimum Gasteiger partial charge on any atom is -0.488 e. The van der Waals surface area contributed by atoms with Gasteiger partial charge in [-0.2, -0.15) is 0 Å².